The van der Waals surface area contributed by atoms with Gasteiger partial charge in [0.05, 0.1) is 0 Å². The highest BCUT2D eigenvalue weighted by molar-refractivity contribution is 5.66. The first-order valence-corrected chi connectivity index (χ1v) is 8.94. The summed E-state index contributed by atoms with van der Waals surface area (Å²) in [6.45, 7) is 0.462. The minimum absolute atomic E-state index is 0.0427. The van der Waals surface area contributed by atoms with Crippen LogP contribution in [0.15, 0.2) is 36.4 Å². The number of hydrogen-bond donors (Lipinski definition) is 1. The van der Waals surface area contributed by atoms with Crippen LogP contribution >= 0.6 is 0 Å². The number of rotatable bonds is 7. The molecule has 3 rings (SSSR count). The van der Waals surface area contributed by atoms with Crippen LogP contribution in [0.25, 0.3) is 0 Å². The monoisotopic (exact) mass is 395 g/mol. The molecule has 2 aromatic rings. The van der Waals surface area contributed by atoms with Gasteiger partial charge in [0.25, 0.3) is 0 Å². The van der Waals surface area contributed by atoms with Crippen LogP contribution in [0.4, 0.5) is 19.0 Å². The van der Waals surface area contributed by atoms with E-state index in [1.165, 1.54) is 0 Å². The van der Waals surface area contributed by atoms with Crippen molar-refractivity contribution in [1.82, 2.24) is 10.2 Å². The molecule has 1 aliphatic rings. The Morgan fingerprint density at radius 1 is 1.25 bits per heavy atom. The smallest absolute Gasteiger partial charge is 0.421 e. The van der Waals surface area contributed by atoms with Gasteiger partial charge in [-0.25, -0.2) is 0 Å². The van der Waals surface area contributed by atoms with E-state index in [-0.39, 0.29) is 24.9 Å². The summed E-state index contributed by atoms with van der Waals surface area (Å²) >= 11 is 0. The van der Waals surface area contributed by atoms with Gasteiger partial charge in [-0.05, 0) is 24.8 Å². The van der Waals surface area contributed by atoms with Crippen molar-refractivity contribution in [2.75, 3.05) is 11.4 Å². The zero-order chi connectivity index (χ0) is 20.1. The number of carboxylic acids is 1. The molecule has 2 heterocycles. The van der Waals surface area contributed by atoms with Gasteiger partial charge in [0, 0.05) is 25.1 Å². The number of nitrogens with zero attached hydrogens (tertiary/aromatic N) is 3. The Bertz CT molecular complexity index is 815. The number of halogens is 3. The molecule has 150 valence electrons. The fourth-order valence-corrected chi connectivity index (χ4v) is 3.27. The van der Waals surface area contributed by atoms with Crippen LogP contribution in [0.3, 0.4) is 0 Å². The number of carboxylic acid groups (broad SMARTS) is 1. The summed E-state index contributed by atoms with van der Waals surface area (Å²) in [4.78, 5) is 12.5. The maximum atomic E-state index is 13.5. The van der Waals surface area contributed by atoms with Gasteiger partial charge in [-0.1, -0.05) is 30.3 Å². The number of carbonyl (C=O) groups is 1. The van der Waals surface area contributed by atoms with Gasteiger partial charge >= 0.3 is 12.1 Å². The van der Waals surface area contributed by atoms with Gasteiger partial charge in [0.2, 0.25) is 5.88 Å². The highest BCUT2D eigenvalue weighted by atomic mass is 19.4. The van der Waals surface area contributed by atoms with Gasteiger partial charge in [-0.15, -0.1) is 10.2 Å². The van der Waals surface area contributed by atoms with E-state index in [1.807, 2.05) is 0 Å². The first-order chi connectivity index (χ1) is 13.3. The molecule has 0 saturated carbocycles. The number of hydrogen-bond acceptors (Lipinski definition) is 5. The Morgan fingerprint density at radius 3 is 2.68 bits per heavy atom. The van der Waals surface area contributed by atoms with Gasteiger partial charge in [-0.3, -0.25) is 4.79 Å². The molecule has 1 saturated heterocycles. The van der Waals surface area contributed by atoms with E-state index in [9.17, 15) is 18.0 Å². The van der Waals surface area contributed by atoms with E-state index in [0.717, 1.165) is 18.1 Å². The van der Waals surface area contributed by atoms with E-state index < -0.39 is 23.6 Å². The molecule has 1 fully saturated rings. The van der Waals surface area contributed by atoms with E-state index in [2.05, 4.69) is 10.2 Å². The molecule has 1 aromatic carbocycles. The zero-order valence-electron chi connectivity index (χ0n) is 15.0. The molecule has 28 heavy (non-hydrogen) atoms. The number of benzene rings is 1. The number of aromatic nitrogens is 2. The first kappa shape index (κ1) is 19.9. The Balaban J connectivity index is 1.81. The molecule has 0 bridgehead atoms. The zero-order valence-corrected chi connectivity index (χ0v) is 15.0. The Labute approximate surface area is 160 Å². The third-order valence-electron chi connectivity index (χ3n) is 4.63. The molecular formula is C19H20F3N3O3. The second-order valence-corrected chi connectivity index (χ2v) is 6.62. The molecule has 9 heteroatoms. The van der Waals surface area contributed by atoms with Gasteiger partial charge in [0.1, 0.15) is 12.2 Å². The average Bonchev–Trinajstić information content (AvgIpc) is 3.13. The predicted molar refractivity (Wildman–Crippen MR) is 95.0 cm³/mol. The SMILES string of the molecule is O=C(O)CC[C@@H]1CCCN1c1cc(C(F)(F)F)c(OCc2ccccc2)nn1. The summed E-state index contributed by atoms with van der Waals surface area (Å²) in [5.74, 6) is -1.41. The van der Waals surface area contributed by atoms with Crippen LogP contribution in [-0.2, 0) is 17.6 Å². The standard InChI is InChI=1S/C19H20F3N3O3/c20-19(21,22)15-11-16(25-10-4-7-14(25)8-9-17(26)27)23-24-18(15)28-12-13-5-2-1-3-6-13/h1-3,5-6,11,14H,4,7-10,12H2,(H,26,27)/t14-/m0/s1. The minimum atomic E-state index is -4.65. The first-order valence-electron chi connectivity index (χ1n) is 8.94. The highest BCUT2D eigenvalue weighted by Crippen LogP contribution is 2.38. The van der Waals surface area contributed by atoms with Crippen molar-refractivity contribution in [3.63, 3.8) is 0 Å². The van der Waals surface area contributed by atoms with Crippen LogP contribution in [0, 0.1) is 0 Å². The van der Waals surface area contributed by atoms with Crippen molar-refractivity contribution in [2.24, 2.45) is 0 Å². The van der Waals surface area contributed by atoms with E-state index in [4.69, 9.17) is 9.84 Å². The minimum Gasteiger partial charge on any atom is -0.481 e. The molecule has 0 spiro atoms. The lowest BCUT2D eigenvalue weighted by Gasteiger charge is -2.25. The second-order valence-electron chi connectivity index (χ2n) is 6.62. The fourth-order valence-electron chi connectivity index (χ4n) is 3.27. The molecule has 1 N–H and O–H groups in total. The second kappa shape index (κ2) is 8.45. The third kappa shape index (κ3) is 4.90. The summed E-state index contributed by atoms with van der Waals surface area (Å²) in [7, 11) is 0. The van der Waals surface area contributed by atoms with Crippen LogP contribution in [0.1, 0.15) is 36.8 Å². The van der Waals surface area contributed by atoms with Crippen molar-refractivity contribution in [2.45, 2.75) is 44.5 Å². The van der Waals surface area contributed by atoms with Crippen LogP contribution in [0.2, 0.25) is 0 Å². The van der Waals surface area contributed by atoms with Crippen LogP contribution in [-0.4, -0.2) is 33.9 Å². The normalized spacial score (nSPS) is 17.0. The number of ether oxygens (including phenoxy) is 1. The Hall–Kier alpha value is -2.84. The summed E-state index contributed by atoms with van der Waals surface area (Å²) < 4.78 is 45.9. The van der Waals surface area contributed by atoms with Gasteiger partial charge < -0.3 is 14.7 Å². The van der Waals surface area contributed by atoms with E-state index in [0.29, 0.717) is 19.4 Å². The highest BCUT2D eigenvalue weighted by Gasteiger charge is 2.38. The van der Waals surface area contributed by atoms with Crippen molar-refractivity contribution in [3.8, 4) is 5.88 Å². The van der Waals surface area contributed by atoms with Gasteiger partial charge in [-0.2, -0.15) is 13.2 Å². The summed E-state index contributed by atoms with van der Waals surface area (Å²) in [5, 5.41) is 16.5. The average molecular weight is 395 g/mol. The lowest BCUT2D eigenvalue weighted by molar-refractivity contribution is -0.139. The number of aliphatic carboxylic acids is 1. The van der Waals surface area contributed by atoms with Crippen molar-refractivity contribution in [3.05, 3.63) is 47.5 Å². The maximum Gasteiger partial charge on any atom is 0.421 e. The largest absolute Gasteiger partial charge is 0.481 e. The molecule has 6 nitrogen and oxygen atoms in total. The molecule has 0 aliphatic carbocycles. The predicted octanol–water partition coefficient (Wildman–Crippen LogP) is 3.91. The third-order valence-corrected chi connectivity index (χ3v) is 4.63. The molecule has 1 aliphatic heterocycles. The summed E-state index contributed by atoms with van der Waals surface area (Å²) in [6, 6.07) is 9.59. The summed E-state index contributed by atoms with van der Waals surface area (Å²) in [6.07, 6.45) is -2.86. The fraction of sp³-hybridized carbons (Fsp3) is 0.421. The van der Waals surface area contributed by atoms with Crippen molar-refractivity contribution < 1.29 is 27.8 Å². The maximum absolute atomic E-state index is 13.5. The van der Waals surface area contributed by atoms with Gasteiger partial charge in [0.15, 0.2) is 5.82 Å². The molecule has 0 radical (unpaired) electrons. The lowest BCUT2D eigenvalue weighted by Crippen LogP contribution is -2.31. The Kier molecular flexibility index (Phi) is 6.01. The van der Waals surface area contributed by atoms with Crippen LogP contribution < -0.4 is 9.64 Å². The Morgan fingerprint density at radius 2 is 2.00 bits per heavy atom. The molecular weight excluding hydrogens is 375 g/mol. The summed E-state index contributed by atoms with van der Waals surface area (Å²) in [5.41, 5.74) is -0.271. The molecule has 0 unspecified atom stereocenters. The quantitative estimate of drug-likeness (QED) is 0.766. The number of anilines is 1. The lowest BCUT2D eigenvalue weighted by atomic mass is 10.1. The topological polar surface area (TPSA) is 75.5 Å². The molecule has 0 amide bonds. The molecule has 1 aromatic heterocycles. The van der Waals surface area contributed by atoms with E-state index in [1.54, 1.807) is 35.2 Å². The van der Waals surface area contributed by atoms with Crippen molar-refractivity contribution in [1.29, 1.82) is 0 Å². The van der Waals surface area contributed by atoms with E-state index >= 15 is 0 Å². The molecule has 1 atom stereocenters. The number of alkyl halides is 3. The van der Waals surface area contributed by atoms with Crippen molar-refractivity contribution >= 4 is 11.8 Å². The van der Waals surface area contributed by atoms with Crippen LogP contribution in [0.5, 0.6) is 5.88 Å².